The summed E-state index contributed by atoms with van der Waals surface area (Å²) < 4.78 is 5.60. The van der Waals surface area contributed by atoms with Crippen LogP contribution in [0.25, 0.3) is 11.3 Å². The summed E-state index contributed by atoms with van der Waals surface area (Å²) in [5.74, 6) is 0.622. The third-order valence-electron chi connectivity index (χ3n) is 2.28. The normalized spacial score (nSPS) is 10.4. The summed E-state index contributed by atoms with van der Waals surface area (Å²) in [4.78, 5) is 11.4. The van der Waals surface area contributed by atoms with Crippen molar-refractivity contribution in [3.8, 4) is 11.3 Å². The molecule has 1 heterocycles. The molecule has 0 unspecified atom stereocenters. The lowest BCUT2D eigenvalue weighted by molar-refractivity contribution is 0.468. The minimum atomic E-state index is -0.0221. The molecule has 82 valence electrons. The Morgan fingerprint density at radius 1 is 1.12 bits per heavy atom. The van der Waals surface area contributed by atoms with Crippen LogP contribution in [0.4, 0.5) is 0 Å². The molecule has 16 heavy (non-hydrogen) atoms. The Labute approximate surface area is 98.3 Å². The lowest BCUT2D eigenvalue weighted by atomic mass is 10.1. The van der Waals surface area contributed by atoms with E-state index >= 15 is 0 Å². The molecule has 3 heteroatoms. The number of hydrogen-bond acceptors (Lipinski definition) is 3. The van der Waals surface area contributed by atoms with Crippen molar-refractivity contribution in [2.24, 2.45) is 0 Å². The second-order valence-electron chi connectivity index (χ2n) is 3.55. The van der Waals surface area contributed by atoms with Crippen molar-refractivity contribution in [2.45, 2.75) is 12.0 Å². The van der Waals surface area contributed by atoms with Crippen LogP contribution in [0.3, 0.4) is 0 Å². The molecule has 0 saturated carbocycles. The first-order chi connectivity index (χ1) is 7.69. The van der Waals surface area contributed by atoms with Crippen molar-refractivity contribution in [1.29, 1.82) is 0 Å². The molecule has 0 bridgehead atoms. The highest BCUT2D eigenvalue weighted by Gasteiger charge is 2.03. The fourth-order valence-electron chi connectivity index (χ4n) is 1.42. The molecule has 1 aromatic carbocycles. The van der Waals surface area contributed by atoms with Gasteiger partial charge in [0.1, 0.15) is 5.76 Å². The van der Waals surface area contributed by atoms with Crippen molar-refractivity contribution in [1.82, 2.24) is 0 Å². The van der Waals surface area contributed by atoms with Crippen molar-refractivity contribution < 1.29 is 4.42 Å². The molecule has 0 aliphatic rings. The van der Waals surface area contributed by atoms with Gasteiger partial charge in [0.2, 0.25) is 0 Å². The van der Waals surface area contributed by atoms with Gasteiger partial charge in [0.15, 0.2) is 10.5 Å². The number of thioether (sulfide) groups is 1. The zero-order valence-electron chi connectivity index (χ0n) is 9.19. The van der Waals surface area contributed by atoms with E-state index in [-0.39, 0.29) is 5.43 Å². The second kappa shape index (κ2) is 4.58. The van der Waals surface area contributed by atoms with E-state index in [1.807, 2.05) is 37.4 Å². The maximum absolute atomic E-state index is 11.4. The van der Waals surface area contributed by atoms with Crippen molar-refractivity contribution in [3.05, 3.63) is 52.2 Å². The highest BCUT2D eigenvalue weighted by atomic mass is 32.2. The second-order valence-corrected chi connectivity index (χ2v) is 4.36. The molecular weight excluding hydrogens is 220 g/mol. The molecule has 0 N–H and O–H groups in total. The van der Waals surface area contributed by atoms with Gasteiger partial charge < -0.3 is 4.42 Å². The van der Waals surface area contributed by atoms with E-state index in [2.05, 4.69) is 0 Å². The first-order valence-corrected chi connectivity index (χ1v) is 6.18. The number of rotatable bonds is 2. The molecule has 0 aliphatic heterocycles. The molecular formula is C13H12O2S. The molecule has 2 rings (SSSR count). The topological polar surface area (TPSA) is 30.2 Å². The summed E-state index contributed by atoms with van der Waals surface area (Å²) in [5, 5.41) is 0.642. The van der Waals surface area contributed by atoms with Gasteiger partial charge in [-0.1, -0.05) is 41.6 Å². The smallest absolute Gasteiger partial charge is 0.186 e. The summed E-state index contributed by atoms with van der Waals surface area (Å²) >= 11 is 1.43. The molecule has 0 fully saturated rings. The standard InChI is InChI=1S/C13H12O2S/c1-9-3-5-10(6-4-9)12-7-11(14)8-13(15-12)16-2/h3-8H,1-2H3. The Balaban J connectivity index is 2.51. The van der Waals surface area contributed by atoms with Gasteiger partial charge in [0.25, 0.3) is 0 Å². The molecule has 0 atom stereocenters. The van der Waals surface area contributed by atoms with Crippen LogP contribution < -0.4 is 5.43 Å². The van der Waals surface area contributed by atoms with Gasteiger partial charge in [0.05, 0.1) is 0 Å². The largest absolute Gasteiger partial charge is 0.450 e. The predicted molar refractivity (Wildman–Crippen MR) is 66.9 cm³/mol. The Hall–Kier alpha value is -1.48. The molecule has 0 amide bonds. The fraction of sp³-hybridized carbons (Fsp3) is 0.154. The van der Waals surface area contributed by atoms with Crippen LogP contribution in [0.5, 0.6) is 0 Å². The average molecular weight is 232 g/mol. The van der Waals surface area contributed by atoms with Crippen molar-refractivity contribution in [2.75, 3.05) is 6.26 Å². The number of aryl methyl sites for hydroxylation is 1. The Bertz CT molecular complexity index is 541. The van der Waals surface area contributed by atoms with Crippen LogP contribution in [-0.2, 0) is 0 Å². The first kappa shape index (κ1) is 11.0. The van der Waals surface area contributed by atoms with Gasteiger partial charge in [-0.15, -0.1) is 0 Å². The quantitative estimate of drug-likeness (QED) is 0.744. The van der Waals surface area contributed by atoms with Gasteiger partial charge >= 0.3 is 0 Å². The van der Waals surface area contributed by atoms with Gasteiger partial charge in [-0.3, -0.25) is 4.79 Å². The highest BCUT2D eigenvalue weighted by molar-refractivity contribution is 7.98. The maximum Gasteiger partial charge on any atom is 0.186 e. The summed E-state index contributed by atoms with van der Waals surface area (Å²) in [5.41, 5.74) is 2.09. The van der Waals surface area contributed by atoms with Crippen molar-refractivity contribution in [3.63, 3.8) is 0 Å². The summed E-state index contributed by atoms with van der Waals surface area (Å²) in [7, 11) is 0. The monoisotopic (exact) mass is 232 g/mol. The predicted octanol–water partition coefficient (Wildman–Crippen LogP) is 3.34. The fourth-order valence-corrected chi connectivity index (χ4v) is 1.82. The van der Waals surface area contributed by atoms with Gasteiger partial charge in [0, 0.05) is 17.7 Å². The van der Waals surface area contributed by atoms with Crippen LogP contribution in [0.1, 0.15) is 5.56 Å². The third kappa shape index (κ3) is 2.36. The van der Waals surface area contributed by atoms with Gasteiger partial charge in [-0.05, 0) is 13.2 Å². The van der Waals surface area contributed by atoms with Crippen LogP contribution in [0.15, 0.2) is 50.7 Å². The summed E-state index contributed by atoms with van der Waals surface area (Å²) in [6, 6.07) is 10.9. The van der Waals surface area contributed by atoms with E-state index in [9.17, 15) is 4.79 Å². The minimum absolute atomic E-state index is 0.0221. The van der Waals surface area contributed by atoms with E-state index in [4.69, 9.17) is 4.42 Å². The number of benzene rings is 1. The van der Waals surface area contributed by atoms with E-state index < -0.39 is 0 Å². The molecule has 0 saturated heterocycles. The average Bonchev–Trinajstić information content (AvgIpc) is 2.29. The number of hydrogen-bond donors (Lipinski definition) is 0. The van der Waals surface area contributed by atoms with E-state index in [1.165, 1.54) is 29.5 Å². The Morgan fingerprint density at radius 3 is 2.44 bits per heavy atom. The molecule has 2 aromatic rings. The lowest BCUT2D eigenvalue weighted by Crippen LogP contribution is -1.97. The van der Waals surface area contributed by atoms with Gasteiger partial charge in [-0.25, -0.2) is 0 Å². The maximum atomic E-state index is 11.4. The Morgan fingerprint density at radius 2 is 1.81 bits per heavy atom. The third-order valence-corrected chi connectivity index (χ3v) is 2.88. The molecule has 2 nitrogen and oxygen atoms in total. The zero-order valence-corrected chi connectivity index (χ0v) is 10.0. The minimum Gasteiger partial charge on any atom is -0.450 e. The van der Waals surface area contributed by atoms with E-state index in [0.717, 1.165) is 5.56 Å². The van der Waals surface area contributed by atoms with Crippen LogP contribution in [0, 0.1) is 6.92 Å². The van der Waals surface area contributed by atoms with Crippen LogP contribution in [-0.4, -0.2) is 6.26 Å². The van der Waals surface area contributed by atoms with Crippen LogP contribution in [0.2, 0.25) is 0 Å². The molecule has 1 aromatic heterocycles. The summed E-state index contributed by atoms with van der Waals surface area (Å²) in [6.45, 7) is 2.03. The molecule has 0 radical (unpaired) electrons. The van der Waals surface area contributed by atoms with Gasteiger partial charge in [-0.2, -0.15) is 0 Å². The molecule has 0 spiro atoms. The first-order valence-electron chi connectivity index (χ1n) is 4.95. The summed E-state index contributed by atoms with van der Waals surface area (Å²) in [6.07, 6.45) is 1.89. The highest BCUT2D eigenvalue weighted by Crippen LogP contribution is 2.22. The Kier molecular flexibility index (Phi) is 3.15. The van der Waals surface area contributed by atoms with E-state index in [1.54, 1.807) is 0 Å². The molecule has 0 aliphatic carbocycles. The SMILES string of the molecule is CSc1cc(=O)cc(-c2ccc(C)cc2)o1. The van der Waals surface area contributed by atoms with E-state index in [0.29, 0.717) is 10.9 Å². The zero-order chi connectivity index (χ0) is 11.5. The lowest BCUT2D eigenvalue weighted by Gasteiger charge is -2.02. The van der Waals surface area contributed by atoms with Crippen LogP contribution >= 0.6 is 11.8 Å². The van der Waals surface area contributed by atoms with Crippen molar-refractivity contribution >= 4 is 11.8 Å².